The van der Waals surface area contributed by atoms with E-state index >= 15 is 0 Å². The van der Waals surface area contributed by atoms with Crippen LogP contribution in [-0.4, -0.2) is 42.1 Å². The van der Waals surface area contributed by atoms with Gasteiger partial charge in [-0.25, -0.2) is 23.1 Å². The fourth-order valence-electron chi connectivity index (χ4n) is 4.38. The van der Waals surface area contributed by atoms with Crippen LogP contribution in [0, 0.1) is 5.82 Å². The molecule has 12 heteroatoms. The predicted molar refractivity (Wildman–Crippen MR) is 115 cm³/mol. The van der Waals surface area contributed by atoms with Crippen molar-refractivity contribution >= 4 is 16.9 Å². The van der Waals surface area contributed by atoms with Crippen molar-refractivity contribution < 1.29 is 26.8 Å². The third-order valence-corrected chi connectivity index (χ3v) is 5.98. The summed E-state index contributed by atoms with van der Waals surface area (Å²) in [5, 5.41) is 4.49. The zero-order valence-electron chi connectivity index (χ0n) is 18.2. The van der Waals surface area contributed by atoms with Crippen LogP contribution < -0.4 is 0 Å². The largest absolute Gasteiger partial charge is 0.455 e. The number of carbonyl (C=O) groups excluding carboxylic acids is 1. The van der Waals surface area contributed by atoms with Gasteiger partial charge < -0.3 is 18.7 Å². The second kappa shape index (κ2) is 7.86. The highest BCUT2D eigenvalue weighted by atomic mass is 19.3. The number of aromatic nitrogens is 5. The third kappa shape index (κ3) is 3.40. The molecule has 0 spiro atoms. The molecule has 0 saturated heterocycles. The van der Waals surface area contributed by atoms with Gasteiger partial charge in [-0.1, -0.05) is 12.1 Å². The van der Waals surface area contributed by atoms with E-state index < -0.39 is 35.6 Å². The van der Waals surface area contributed by atoms with Crippen LogP contribution in [0.15, 0.2) is 51.8 Å². The maximum Gasteiger partial charge on any atom is 0.292 e. The van der Waals surface area contributed by atoms with E-state index in [0.717, 1.165) is 5.69 Å². The van der Waals surface area contributed by atoms with Crippen molar-refractivity contribution in [2.75, 3.05) is 6.54 Å². The Morgan fingerprint density at radius 1 is 1.29 bits per heavy atom. The van der Waals surface area contributed by atoms with Gasteiger partial charge in [0.25, 0.3) is 12.3 Å². The smallest absolute Gasteiger partial charge is 0.292 e. The number of imidazole rings is 1. The molecule has 4 aromatic heterocycles. The minimum Gasteiger partial charge on any atom is -0.455 e. The molecule has 1 aromatic carbocycles. The number of hydrogen-bond donors (Lipinski definition) is 1. The lowest BCUT2D eigenvalue weighted by atomic mass is 9.99. The maximum atomic E-state index is 14.3. The molecule has 1 aliphatic rings. The van der Waals surface area contributed by atoms with E-state index in [1.807, 2.05) is 0 Å². The van der Waals surface area contributed by atoms with Crippen molar-refractivity contribution in [3.63, 3.8) is 0 Å². The van der Waals surface area contributed by atoms with E-state index in [1.165, 1.54) is 34.4 Å². The monoisotopic (exact) mass is 482 g/mol. The van der Waals surface area contributed by atoms with Crippen LogP contribution in [0.25, 0.3) is 22.4 Å². The second-order valence-corrected chi connectivity index (χ2v) is 8.16. The minimum atomic E-state index is -3.05. The van der Waals surface area contributed by atoms with Gasteiger partial charge in [0.2, 0.25) is 11.7 Å². The number of oxazole rings is 1. The van der Waals surface area contributed by atoms with Crippen molar-refractivity contribution in [3.8, 4) is 11.5 Å². The fourth-order valence-corrected chi connectivity index (χ4v) is 4.38. The molecular weight excluding hydrogens is 465 g/mol. The number of aromatic amines is 1. The molecule has 5 heterocycles. The van der Waals surface area contributed by atoms with Crippen LogP contribution in [-0.2, 0) is 13.5 Å². The molecule has 35 heavy (non-hydrogen) atoms. The van der Waals surface area contributed by atoms with E-state index in [4.69, 9.17) is 8.83 Å². The molecule has 0 saturated carbocycles. The van der Waals surface area contributed by atoms with Crippen molar-refractivity contribution in [1.82, 2.24) is 29.6 Å². The number of benzene rings is 1. The second-order valence-electron chi connectivity index (χ2n) is 8.16. The topological polar surface area (TPSA) is 106 Å². The lowest BCUT2D eigenvalue weighted by Crippen LogP contribution is -2.40. The summed E-state index contributed by atoms with van der Waals surface area (Å²) < 4.78 is 54.9. The van der Waals surface area contributed by atoms with Crippen LogP contribution >= 0.6 is 0 Å². The number of aryl methyl sites for hydroxylation is 1. The summed E-state index contributed by atoms with van der Waals surface area (Å²) in [7, 11) is 1.66. The summed E-state index contributed by atoms with van der Waals surface area (Å²) >= 11 is 0. The highest BCUT2D eigenvalue weighted by Crippen LogP contribution is 2.39. The molecule has 1 aliphatic heterocycles. The van der Waals surface area contributed by atoms with Crippen molar-refractivity contribution in [1.29, 1.82) is 0 Å². The number of furan rings is 1. The van der Waals surface area contributed by atoms with Crippen molar-refractivity contribution in [2.45, 2.75) is 18.9 Å². The normalized spacial score (nSPS) is 15.8. The Kier molecular flexibility index (Phi) is 4.76. The number of hydrogen-bond acceptors (Lipinski definition) is 6. The number of para-hydroxylation sites is 1. The summed E-state index contributed by atoms with van der Waals surface area (Å²) in [6, 6.07) is 5.22. The average Bonchev–Trinajstić information content (AvgIpc) is 3.62. The van der Waals surface area contributed by atoms with Gasteiger partial charge in [-0.3, -0.25) is 9.48 Å². The molecule has 0 aliphatic carbocycles. The number of fused-ring (bicyclic) bond motifs is 2. The van der Waals surface area contributed by atoms with Crippen molar-refractivity contribution in [2.24, 2.45) is 7.05 Å². The lowest BCUT2D eigenvalue weighted by Gasteiger charge is -2.33. The molecule has 5 aromatic rings. The zero-order chi connectivity index (χ0) is 24.3. The van der Waals surface area contributed by atoms with E-state index in [0.29, 0.717) is 23.1 Å². The quantitative estimate of drug-likeness (QED) is 0.407. The van der Waals surface area contributed by atoms with Gasteiger partial charge in [0.15, 0.2) is 17.1 Å². The van der Waals surface area contributed by atoms with Gasteiger partial charge >= 0.3 is 0 Å². The van der Waals surface area contributed by atoms with Crippen LogP contribution in [0.4, 0.5) is 13.2 Å². The number of nitrogens with zero attached hydrogens (tertiary/aromatic N) is 5. The summed E-state index contributed by atoms with van der Waals surface area (Å²) in [6.45, 7) is 0.157. The zero-order valence-corrected chi connectivity index (χ0v) is 18.2. The van der Waals surface area contributed by atoms with Gasteiger partial charge in [-0.05, 0) is 12.1 Å². The summed E-state index contributed by atoms with van der Waals surface area (Å²) in [5.74, 6) is -1.83. The lowest BCUT2D eigenvalue weighted by molar-refractivity contribution is 0.0626. The summed E-state index contributed by atoms with van der Waals surface area (Å²) in [5.41, 5.74) is 0.865. The number of rotatable bonds is 4. The van der Waals surface area contributed by atoms with Gasteiger partial charge in [0, 0.05) is 37.3 Å². The Labute approximate surface area is 195 Å². The molecule has 6 rings (SSSR count). The number of alkyl halides is 2. The summed E-state index contributed by atoms with van der Waals surface area (Å²) in [6.07, 6.45) is 1.78. The number of amides is 1. The number of halogens is 3. The van der Waals surface area contributed by atoms with E-state index in [-0.39, 0.29) is 23.8 Å². The minimum absolute atomic E-state index is 0.0318. The highest BCUT2D eigenvalue weighted by molar-refractivity contribution is 5.94. The maximum absolute atomic E-state index is 14.3. The Balaban J connectivity index is 1.46. The summed E-state index contributed by atoms with van der Waals surface area (Å²) in [4.78, 5) is 26.2. The first-order valence-corrected chi connectivity index (χ1v) is 10.7. The van der Waals surface area contributed by atoms with Crippen molar-refractivity contribution in [3.05, 3.63) is 77.4 Å². The van der Waals surface area contributed by atoms with Crippen LogP contribution in [0.2, 0.25) is 0 Å². The SMILES string of the molecule is Cn1cc(-c2nc(C(F)F)c(C(=O)N3CCc4[nH]cnc4[C@H]3c3cc4cccc(F)c4o3)o2)cn1. The Morgan fingerprint density at radius 3 is 2.89 bits per heavy atom. The van der Waals surface area contributed by atoms with E-state index in [2.05, 4.69) is 20.1 Å². The molecule has 9 nitrogen and oxygen atoms in total. The first-order valence-electron chi connectivity index (χ1n) is 10.7. The number of H-pyrrole nitrogens is 1. The Hall–Kier alpha value is -4.35. The number of nitrogens with one attached hydrogen (secondary N) is 1. The van der Waals surface area contributed by atoms with Gasteiger partial charge in [-0.2, -0.15) is 5.10 Å². The highest BCUT2D eigenvalue weighted by Gasteiger charge is 2.40. The molecule has 1 amide bonds. The molecule has 0 fully saturated rings. The Morgan fingerprint density at radius 2 is 2.14 bits per heavy atom. The van der Waals surface area contributed by atoms with Crippen LogP contribution in [0.5, 0.6) is 0 Å². The molecule has 178 valence electrons. The van der Waals surface area contributed by atoms with Gasteiger partial charge in [0.1, 0.15) is 11.8 Å². The molecule has 1 N–H and O–H groups in total. The fraction of sp³-hybridized carbons (Fsp3) is 0.217. The molecule has 1 atom stereocenters. The molecule has 0 radical (unpaired) electrons. The van der Waals surface area contributed by atoms with Gasteiger partial charge in [-0.15, -0.1) is 0 Å². The first-order chi connectivity index (χ1) is 16.9. The predicted octanol–water partition coefficient (Wildman–Crippen LogP) is 4.41. The molecular formula is C23H17F3N6O3. The third-order valence-electron chi connectivity index (χ3n) is 5.98. The standard InChI is InChI=1S/C23H17F3N6O3/c1-31-9-12(8-29-31)22-30-17(21(25)26)20(35-22)23(33)32-6-5-14-16(28-10-27-14)18(32)15-7-11-3-2-4-13(24)19(11)34-15/h2-4,7-10,18,21H,5-6H2,1H3,(H,27,28)/t18-/m1/s1. The molecule has 0 bridgehead atoms. The van der Waals surface area contributed by atoms with E-state index in [9.17, 15) is 18.0 Å². The first kappa shape index (κ1) is 21.2. The number of carbonyl (C=O) groups is 1. The molecule has 0 unspecified atom stereocenters. The Bertz CT molecular complexity index is 1570. The average molecular weight is 482 g/mol. The van der Waals surface area contributed by atoms with Crippen LogP contribution in [0.3, 0.4) is 0 Å². The van der Waals surface area contributed by atoms with Crippen LogP contribution in [0.1, 0.15) is 45.9 Å². The van der Waals surface area contributed by atoms with Gasteiger partial charge in [0.05, 0.1) is 23.8 Å². The van der Waals surface area contributed by atoms with E-state index in [1.54, 1.807) is 25.2 Å².